The molecule has 1 heterocycles. The molecule has 152 valence electrons. The number of nitrogens with one attached hydrogen (secondary N) is 1. The van der Waals surface area contributed by atoms with Crippen molar-refractivity contribution < 1.29 is 22.8 Å². The van der Waals surface area contributed by atoms with Crippen LogP contribution in [-0.4, -0.2) is 53.1 Å². The number of methoxy groups -OCH3 is 2. The van der Waals surface area contributed by atoms with Gasteiger partial charge in [-0.1, -0.05) is 6.07 Å². The Kier molecular flexibility index (Phi) is 6.27. The standard InChI is InChI=1S/C21H28N2O4S/c1-16-5-7-20(13-17(16)2)28(24,25)23-11-9-22(10-12-23)15-18-14-19(26-3)6-8-21(18)27-4/h5-8,13-14H,9-12,15H2,1-4H3/p+1. The highest BCUT2D eigenvalue weighted by Crippen LogP contribution is 2.23. The monoisotopic (exact) mass is 405 g/mol. The second-order valence-electron chi connectivity index (χ2n) is 7.25. The van der Waals surface area contributed by atoms with E-state index in [0.717, 1.165) is 47.8 Å². The minimum absolute atomic E-state index is 0.383. The van der Waals surface area contributed by atoms with Crippen molar-refractivity contribution in [3.05, 3.63) is 53.1 Å². The van der Waals surface area contributed by atoms with E-state index in [0.29, 0.717) is 18.0 Å². The van der Waals surface area contributed by atoms with Crippen LogP contribution in [0.15, 0.2) is 41.3 Å². The summed E-state index contributed by atoms with van der Waals surface area (Å²) in [6.45, 7) is 7.24. The molecule has 1 N–H and O–H groups in total. The van der Waals surface area contributed by atoms with E-state index in [9.17, 15) is 8.42 Å². The third-order valence-corrected chi connectivity index (χ3v) is 7.37. The molecular formula is C21H29N2O4S+. The number of nitrogens with zero attached hydrogens (tertiary/aromatic N) is 1. The van der Waals surface area contributed by atoms with Crippen molar-refractivity contribution in [3.8, 4) is 11.5 Å². The van der Waals surface area contributed by atoms with Crippen LogP contribution in [-0.2, 0) is 16.6 Å². The largest absolute Gasteiger partial charge is 0.497 e. The van der Waals surface area contributed by atoms with Crippen molar-refractivity contribution >= 4 is 10.0 Å². The Balaban J connectivity index is 1.68. The van der Waals surface area contributed by atoms with E-state index < -0.39 is 10.0 Å². The van der Waals surface area contributed by atoms with Crippen molar-refractivity contribution in [2.24, 2.45) is 0 Å². The Morgan fingerprint density at radius 3 is 2.29 bits per heavy atom. The van der Waals surface area contributed by atoms with Crippen LogP contribution < -0.4 is 14.4 Å². The molecule has 0 aliphatic carbocycles. The SMILES string of the molecule is COc1ccc(OC)c(C[NH+]2CCN(S(=O)(=O)c3ccc(C)c(C)c3)CC2)c1. The summed E-state index contributed by atoms with van der Waals surface area (Å²) >= 11 is 0. The van der Waals surface area contributed by atoms with Gasteiger partial charge in [-0.3, -0.25) is 0 Å². The Bertz CT molecular complexity index is 935. The second kappa shape index (κ2) is 8.51. The Morgan fingerprint density at radius 1 is 0.964 bits per heavy atom. The predicted octanol–water partition coefficient (Wildman–Crippen LogP) is 1.41. The van der Waals surface area contributed by atoms with Crippen LogP contribution in [0, 0.1) is 13.8 Å². The van der Waals surface area contributed by atoms with Crippen LogP contribution in [0.5, 0.6) is 11.5 Å². The Morgan fingerprint density at radius 2 is 1.68 bits per heavy atom. The molecule has 1 saturated heterocycles. The van der Waals surface area contributed by atoms with Gasteiger partial charge in [-0.05, 0) is 55.3 Å². The number of aryl methyl sites for hydroxylation is 2. The lowest BCUT2D eigenvalue weighted by molar-refractivity contribution is -0.917. The molecule has 0 saturated carbocycles. The summed E-state index contributed by atoms with van der Waals surface area (Å²) in [5.41, 5.74) is 3.17. The van der Waals surface area contributed by atoms with Gasteiger partial charge in [0, 0.05) is 0 Å². The van der Waals surface area contributed by atoms with E-state index in [1.807, 2.05) is 38.1 Å². The van der Waals surface area contributed by atoms with Gasteiger partial charge in [0.05, 0.1) is 50.9 Å². The minimum atomic E-state index is -3.45. The van der Waals surface area contributed by atoms with Crippen LogP contribution in [0.2, 0.25) is 0 Å². The fourth-order valence-electron chi connectivity index (χ4n) is 3.53. The van der Waals surface area contributed by atoms with Crippen LogP contribution in [0.3, 0.4) is 0 Å². The van der Waals surface area contributed by atoms with Crippen LogP contribution >= 0.6 is 0 Å². The molecule has 0 unspecified atom stereocenters. The van der Waals surface area contributed by atoms with Gasteiger partial charge < -0.3 is 14.4 Å². The zero-order chi connectivity index (χ0) is 20.3. The number of piperazine rings is 1. The Hall–Kier alpha value is -2.09. The van der Waals surface area contributed by atoms with E-state index in [1.165, 1.54) is 4.90 Å². The average molecular weight is 406 g/mol. The maximum Gasteiger partial charge on any atom is 0.243 e. The molecule has 0 atom stereocenters. The molecule has 0 aromatic heterocycles. The predicted molar refractivity (Wildman–Crippen MR) is 109 cm³/mol. The quantitative estimate of drug-likeness (QED) is 0.790. The van der Waals surface area contributed by atoms with Gasteiger partial charge in [0.15, 0.2) is 0 Å². The third-order valence-electron chi connectivity index (χ3n) is 5.47. The van der Waals surface area contributed by atoms with Crippen LogP contribution in [0.25, 0.3) is 0 Å². The molecule has 0 amide bonds. The second-order valence-corrected chi connectivity index (χ2v) is 9.19. The van der Waals surface area contributed by atoms with Crippen LogP contribution in [0.4, 0.5) is 0 Å². The summed E-state index contributed by atoms with van der Waals surface area (Å²) in [6, 6.07) is 11.1. The molecule has 1 aliphatic heterocycles. The van der Waals surface area contributed by atoms with Gasteiger partial charge in [-0.25, -0.2) is 8.42 Å². The zero-order valence-electron chi connectivity index (χ0n) is 17.0. The smallest absolute Gasteiger partial charge is 0.243 e. The molecule has 1 fully saturated rings. The number of quaternary nitrogens is 1. The number of ether oxygens (including phenoxy) is 2. The lowest BCUT2D eigenvalue weighted by Crippen LogP contribution is -3.13. The average Bonchev–Trinajstić information content (AvgIpc) is 2.70. The van der Waals surface area contributed by atoms with Crippen molar-refractivity contribution in [1.29, 1.82) is 0 Å². The molecule has 7 heteroatoms. The molecule has 6 nitrogen and oxygen atoms in total. The highest BCUT2D eigenvalue weighted by molar-refractivity contribution is 7.89. The fourth-order valence-corrected chi connectivity index (χ4v) is 5.06. The number of sulfonamides is 1. The maximum absolute atomic E-state index is 13.0. The molecule has 0 spiro atoms. The van der Waals surface area contributed by atoms with E-state index in [4.69, 9.17) is 9.47 Å². The number of rotatable bonds is 6. The Labute approximate surface area is 167 Å². The van der Waals surface area contributed by atoms with Crippen molar-refractivity contribution in [2.75, 3.05) is 40.4 Å². The molecule has 0 radical (unpaired) electrons. The van der Waals surface area contributed by atoms with Gasteiger partial charge in [0.25, 0.3) is 0 Å². The molecule has 28 heavy (non-hydrogen) atoms. The van der Waals surface area contributed by atoms with Crippen molar-refractivity contribution in [3.63, 3.8) is 0 Å². The summed E-state index contributed by atoms with van der Waals surface area (Å²) in [4.78, 5) is 1.71. The van der Waals surface area contributed by atoms with Crippen molar-refractivity contribution in [2.45, 2.75) is 25.3 Å². The fraction of sp³-hybridized carbons (Fsp3) is 0.429. The summed E-state index contributed by atoms with van der Waals surface area (Å²) in [7, 11) is -0.137. The minimum Gasteiger partial charge on any atom is -0.497 e. The van der Waals surface area contributed by atoms with Gasteiger partial charge in [0.1, 0.15) is 18.0 Å². The molecule has 2 aromatic rings. The number of benzene rings is 2. The van der Waals surface area contributed by atoms with E-state index in [-0.39, 0.29) is 0 Å². The molecule has 3 rings (SSSR count). The lowest BCUT2D eigenvalue weighted by Gasteiger charge is -2.32. The van der Waals surface area contributed by atoms with Gasteiger partial charge >= 0.3 is 0 Å². The van der Waals surface area contributed by atoms with E-state index in [1.54, 1.807) is 30.7 Å². The first-order valence-corrected chi connectivity index (χ1v) is 10.9. The zero-order valence-corrected chi connectivity index (χ0v) is 17.8. The molecule has 0 bridgehead atoms. The van der Waals surface area contributed by atoms with Gasteiger partial charge in [-0.15, -0.1) is 0 Å². The summed E-state index contributed by atoms with van der Waals surface area (Å²) < 4.78 is 38.3. The molecule has 1 aliphatic rings. The third kappa shape index (κ3) is 4.32. The first kappa shape index (κ1) is 20.6. The first-order valence-electron chi connectivity index (χ1n) is 9.47. The van der Waals surface area contributed by atoms with Crippen LogP contribution in [0.1, 0.15) is 16.7 Å². The highest BCUT2D eigenvalue weighted by atomic mass is 32.2. The van der Waals surface area contributed by atoms with Crippen molar-refractivity contribution in [1.82, 2.24) is 4.31 Å². The number of hydrogen-bond acceptors (Lipinski definition) is 4. The normalized spacial score (nSPS) is 16.1. The topological polar surface area (TPSA) is 60.3 Å². The maximum atomic E-state index is 13.0. The summed E-state index contributed by atoms with van der Waals surface area (Å²) in [5, 5.41) is 0. The summed E-state index contributed by atoms with van der Waals surface area (Å²) in [5.74, 6) is 1.63. The van der Waals surface area contributed by atoms with E-state index in [2.05, 4.69) is 0 Å². The molecule has 2 aromatic carbocycles. The van der Waals surface area contributed by atoms with E-state index >= 15 is 0 Å². The number of hydrogen-bond donors (Lipinski definition) is 1. The summed E-state index contributed by atoms with van der Waals surface area (Å²) in [6.07, 6.45) is 0. The van der Waals surface area contributed by atoms with Gasteiger partial charge in [-0.2, -0.15) is 4.31 Å². The highest BCUT2D eigenvalue weighted by Gasteiger charge is 2.31. The lowest BCUT2D eigenvalue weighted by atomic mass is 10.1. The molecular weight excluding hydrogens is 376 g/mol. The first-order chi connectivity index (χ1) is 13.3. The van der Waals surface area contributed by atoms with Gasteiger partial charge in [0.2, 0.25) is 10.0 Å².